The van der Waals surface area contributed by atoms with E-state index in [1.807, 2.05) is 12.4 Å². The van der Waals surface area contributed by atoms with Gasteiger partial charge in [0.05, 0.1) is 19.8 Å². The van der Waals surface area contributed by atoms with Crippen molar-refractivity contribution in [3.63, 3.8) is 0 Å². The molecule has 0 saturated carbocycles. The fraction of sp³-hybridized carbons (Fsp3) is 0.400. The minimum Gasteiger partial charge on any atom is -0.260 e. The quantitative estimate of drug-likeness (QED) is 0.598. The van der Waals surface area contributed by atoms with Gasteiger partial charge in [0.2, 0.25) is 0 Å². The molecule has 2 heterocycles. The lowest BCUT2D eigenvalue weighted by Gasteiger charge is -1.92. The standard InChI is InChI=1S/C10H14N3/c1-4-13-8(2)12(3)10-7-11-6-5-9(10)13/h5-7H,4H2,1-3H3/q+1. The molecule has 0 unspecified atom stereocenters. The van der Waals surface area contributed by atoms with Gasteiger partial charge in [-0.2, -0.15) is 0 Å². The fourth-order valence-corrected chi connectivity index (χ4v) is 1.79. The fourth-order valence-electron chi connectivity index (χ4n) is 1.79. The molecule has 0 radical (unpaired) electrons. The van der Waals surface area contributed by atoms with E-state index in [0.29, 0.717) is 0 Å². The Morgan fingerprint density at radius 2 is 2.31 bits per heavy atom. The summed E-state index contributed by atoms with van der Waals surface area (Å²) in [6, 6.07) is 2.06. The maximum Gasteiger partial charge on any atom is 0.254 e. The zero-order valence-corrected chi connectivity index (χ0v) is 8.28. The normalized spacial score (nSPS) is 11.0. The molecule has 68 valence electrons. The van der Waals surface area contributed by atoms with E-state index in [4.69, 9.17) is 0 Å². The highest BCUT2D eigenvalue weighted by Gasteiger charge is 2.16. The number of aryl methyl sites for hydroxylation is 2. The van der Waals surface area contributed by atoms with Crippen LogP contribution in [0.4, 0.5) is 0 Å². The van der Waals surface area contributed by atoms with E-state index in [9.17, 15) is 0 Å². The minimum absolute atomic E-state index is 1.01. The van der Waals surface area contributed by atoms with E-state index in [2.05, 4.69) is 41.1 Å². The summed E-state index contributed by atoms with van der Waals surface area (Å²) in [6.07, 6.45) is 3.75. The van der Waals surface area contributed by atoms with E-state index in [-0.39, 0.29) is 0 Å². The molecule has 0 fully saturated rings. The van der Waals surface area contributed by atoms with Gasteiger partial charge in [0.1, 0.15) is 0 Å². The highest BCUT2D eigenvalue weighted by atomic mass is 15.1. The lowest BCUT2D eigenvalue weighted by atomic mass is 10.4. The van der Waals surface area contributed by atoms with Gasteiger partial charge in [-0.1, -0.05) is 0 Å². The van der Waals surface area contributed by atoms with Gasteiger partial charge in [-0.05, 0) is 6.92 Å². The third-order valence-corrected chi connectivity index (χ3v) is 2.62. The predicted octanol–water partition coefficient (Wildman–Crippen LogP) is 1.19. The van der Waals surface area contributed by atoms with Crippen molar-refractivity contribution in [2.75, 3.05) is 0 Å². The van der Waals surface area contributed by atoms with Crippen LogP contribution < -0.4 is 4.57 Å². The molecule has 0 aliphatic heterocycles. The molecule has 13 heavy (non-hydrogen) atoms. The molecule has 0 saturated heterocycles. The Kier molecular flexibility index (Phi) is 1.79. The zero-order valence-electron chi connectivity index (χ0n) is 8.28. The molecule has 2 rings (SSSR count). The Bertz CT molecular complexity index is 443. The van der Waals surface area contributed by atoms with Crippen molar-refractivity contribution in [2.24, 2.45) is 7.05 Å². The molecular weight excluding hydrogens is 162 g/mol. The second-order valence-corrected chi connectivity index (χ2v) is 3.21. The molecule has 0 N–H and O–H groups in total. The summed E-state index contributed by atoms with van der Waals surface area (Å²) >= 11 is 0. The lowest BCUT2D eigenvalue weighted by Crippen LogP contribution is -2.34. The number of hydrogen-bond donors (Lipinski definition) is 0. The van der Waals surface area contributed by atoms with Gasteiger partial charge in [-0.3, -0.25) is 4.98 Å². The molecule has 0 bridgehead atoms. The Labute approximate surface area is 77.6 Å². The van der Waals surface area contributed by atoms with Crippen molar-refractivity contribution >= 4 is 11.0 Å². The molecule has 0 atom stereocenters. The first-order valence-corrected chi connectivity index (χ1v) is 4.54. The van der Waals surface area contributed by atoms with Crippen LogP contribution in [0.2, 0.25) is 0 Å². The maximum absolute atomic E-state index is 4.13. The van der Waals surface area contributed by atoms with Crippen molar-refractivity contribution in [1.82, 2.24) is 9.55 Å². The van der Waals surface area contributed by atoms with Crippen LogP contribution in [-0.2, 0) is 13.6 Å². The Hall–Kier alpha value is -1.38. The summed E-state index contributed by atoms with van der Waals surface area (Å²) in [5, 5.41) is 0. The predicted molar refractivity (Wildman–Crippen MR) is 51.3 cm³/mol. The number of nitrogens with zero attached hydrogens (tertiary/aromatic N) is 3. The Morgan fingerprint density at radius 1 is 1.54 bits per heavy atom. The highest BCUT2D eigenvalue weighted by Crippen LogP contribution is 2.09. The van der Waals surface area contributed by atoms with Crippen LogP contribution >= 0.6 is 0 Å². The summed E-state index contributed by atoms with van der Waals surface area (Å²) in [7, 11) is 2.07. The topological polar surface area (TPSA) is 21.7 Å². The number of fused-ring (bicyclic) bond motifs is 1. The number of imidazole rings is 1. The molecule has 0 spiro atoms. The van der Waals surface area contributed by atoms with Gasteiger partial charge in [0.15, 0.2) is 11.0 Å². The van der Waals surface area contributed by atoms with E-state index in [0.717, 1.165) is 6.54 Å². The molecule has 0 amide bonds. The van der Waals surface area contributed by atoms with Gasteiger partial charge >= 0.3 is 0 Å². The van der Waals surface area contributed by atoms with Gasteiger partial charge in [0.25, 0.3) is 5.82 Å². The average molecular weight is 176 g/mol. The largest absolute Gasteiger partial charge is 0.260 e. The van der Waals surface area contributed by atoms with E-state index >= 15 is 0 Å². The third-order valence-electron chi connectivity index (χ3n) is 2.62. The first kappa shape index (κ1) is 8.23. The minimum atomic E-state index is 1.01. The van der Waals surface area contributed by atoms with E-state index < -0.39 is 0 Å². The Balaban J connectivity index is 2.90. The second-order valence-electron chi connectivity index (χ2n) is 3.21. The number of hydrogen-bond acceptors (Lipinski definition) is 1. The van der Waals surface area contributed by atoms with Gasteiger partial charge in [-0.15, -0.1) is 0 Å². The molecule has 3 nitrogen and oxygen atoms in total. The summed E-state index contributed by atoms with van der Waals surface area (Å²) in [6.45, 7) is 5.30. The molecular formula is C10H14N3+. The highest BCUT2D eigenvalue weighted by molar-refractivity contribution is 5.70. The summed E-state index contributed by atoms with van der Waals surface area (Å²) in [5.74, 6) is 1.27. The van der Waals surface area contributed by atoms with Crippen LogP contribution in [0.1, 0.15) is 12.7 Å². The van der Waals surface area contributed by atoms with Crippen LogP contribution in [0.5, 0.6) is 0 Å². The summed E-state index contributed by atoms with van der Waals surface area (Å²) < 4.78 is 4.46. The van der Waals surface area contributed by atoms with Crippen LogP contribution in [0, 0.1) is 6.92 Å². The van der Waals surface area contributed by atoms with Crippen molar-refractivity contribution in [2.45, 2.75) is 20.4 Å². The van der Waals surface area contributed by atoms with Crippen molar-refractivity contribution < 1.29 is 4.57 Å². The SMILES string of the molecule is CC[n+]1c(C)n(C)c2cnccc21. The molecule has 2 aromatic rings. The zero-order chi connectivity index (χ0) is 9.42. The van der Waals surface area contributed by atoms with Gasteiger partial charge in [-0.25, -0.2) is 9.13 Å². The first-order valence-electron chi connectivity index (χ1n) is 4.54. The van der Waals surface area contributed by atoms with Crippen molar-refractivity contribution in [3.05, 3.63) is 24.3 Å². The van der Waals surface area contributed by atoms with Crippen LogP contribution in [0.25, 0.3) is 11.0 Å². The molecule has 3 heteroatoms. The van der Waals surface area contributed by atoms with Crippen molar-refractivity contribution in [3.8, 4) is 0 Å². The van der Waals surface area contributed by atoms with Gasteiger partial charge in [0, 0.05) is 19.2 Å². The van der Waals surface area contributed by atoms with Crippen LogP contribution in [0.3, 0.4) is 0 Å². The van der Waals surface area contributed by atoms with Crippen LogP contribution in [-0.4, -0.2) is 9.55 Å². The van der Waals surface area contributed by atoms with Crippen LogP contribution in [0.15, 0.2) is 18.5 Å². The second kappa shape index (κ2) is 2.83. The average Bonchev–Trinajstić information content (AvgIpc) is 2.41. The number of aromatic nitrogens is 3. The molecule has 0 aromatic carbocycles. The van der Waals surface area contributed by atoms with E-state index in [1.165, 1.54) is 16.9 Å². The molecule has 0 aliphatic carbocycles. The summed E-state index contributed by atoms with van der Waals surface area (Å²) in [5.41, 5.74) is 2.46. The molecule has 2 aromatic heterocycles. The summed E-state index contributed by atoms with van der Waals surface area (Å²) in [4.78, 5) is 4.13. The first-order chi connectivity index (χ1) is 6.25. The van der Waals surface area contributed by atoms with Gasteiger partial charge < -0.3 is 0 Å². The smallest absolute Gasteiger partial charge is 0.254 e. The number of rotatable bonds is 1. The molecule has 0 aliphatic rings. The maximum atomic E-state index is 4.13. The van der Waals surface area contributed by atoms with E-state index in [1.54, 1.807) is 0 Å². The Morgan fingerprint density at radius 3 is 3.00 bits per heavy atom. The number of pyridine rings is 1. The third kappa shape index (κ3) is 1.03. The lowest BCUT2D eigenvalue weighted by molar-refractivity contribution is -0.674. The van der Waals surface area contributed by atoms with Crippen molar-refractivity contribution in [1.29, 1.82) is 0 Å². The monoisotopic (exact) mass is 176 g/mol.